The molecule has 0 aliphatic carbocycles. The Kier molecular flexibility index (Phi) is 4.02. The van der Waals surface area contributed by atoms with Crippen LogP contribution in [-0.4, -0.2) is 21.9 Å². The molecule has 1 amide bonds. The van der Waals surface area contributed by atoms with Gasteiger partial charge in [-0.2, -0.15) is 0 Å². The summed E-state index contributed by atoms with van der Waals surface area (Å²) in [6, 6.07) is 9.79. The van der Waals surface area contributed by atoms with Crippen LogP contribution < -0.4 is 10.1 Å². The topological polar surface area (TPSA) is 55.6 Å². The van der Waals surface area contributed by atoms with Gasteiger partial charge in [-0.1, -0.05) is 18.2 Å². The number of aromatic nitrogens is 2. The van der Waals surface area contributed by atoms with Crippen molar-refractivity contribution in [3.8, 4) is 5.75 Å². The number of nitrogens with zero attached hydrogens (tertiary/aromatic N) is 2. The number of rotatable bonds is 4. The fraction of sp³-hybridized carbons (Fsp3) is 0.222. The van der Waals surface area contributed by atoms with E-state index in [4.69, 9.17) is 4.74 Å². The highest BCUT2D eigenvalue weighted by Crippen LogP contribution is 2.25. The van der Waals surface area contributed by atoms with Crippen LogP contribution in [0, 0.1) is 20.8 Å². The molecule has 2 aromatic heterocycles. The zero-order valence-corrected chi connectivity index (χ0v) is 13.5. The van der Waals surface area contributed by atoms with Crippen molar-refractivity contribution in [1.29, 1.82) is 0 Å². The summed E-state index contributed by atoms with van der Waals surface area (Å²) in [5.41, 5.74) is 4.15. The number of anilines is 1. The van der Waals surface area contributed by atoms with Crippen LogP contribution in [0.25, 0.3) is 5.52 Å². The first kappa shape index (κ1) is 15.1. The minimum Gasteiger partial charge on any atom is -0.483 e. The van der Waals surface area contributed by atoms with Crippen molar-refractivity contribution in [3.63, 3.8) is 0 Å². The van der Waals surface area contributed by atoms with Crippen molar-refractivity contribution in [2.24, 2.45) is 0 Å². The maximum atomic E-state index is 12.1. The summed E-state index contributed by atoms with van der Waals surface area (Å²) in [6.45, 7) is 5.95. The highest BCUT2D eigenvalue weighted by atomic mass is 16.5. The zero-order valence-electron chi connectivity index (χ0n) is 13.5. The SMILES string of the molecule is Cc1ccc(C)c(OCC(=O)Nc2ncc3ccccn23)c1C. The molecule has 5 nitrogen and oxygen atoms in total. The number of amides is 1. The molecule has 0 atom stereocenters. The van der Waals surface area contributed by atoms with Gasteiger partial charge in [0.25, 0.3) is 5.91 Å². The molecule has 0 bridgehead atoms. The average Bonchev–Trinajstić information content (AvgIpc) is 2.94. The van der Waals surface area contributed by atoms with Crippen molar-refractivity contribution < 1.29 is 9.53 Å². The molecule has 3 rings (SSSR count). The van der Waals surface area contributed by atoms with Crippen molar-refractivity contribution in [1.82, 2.24) is 9.38 Å². The largest absolute Gasteiger partial charge is 0.483 e. The lowest BCUT2D eigenvalue weighted by molar-refractivity contribution is -0.118. The van der Waals surface area contributed by atoms with Gasteiger partial charge in [-0.25, -0.2) is 4.98 Å². The van der Waals surface area contributed by atoms with E-state index in [0.717, 1.165) is 28.0 Å². The van der Waals surface area contributed by atoms with Gasteiger partial charge in [-0.15, -0.1) is 0 Å². The number of hydrogen-bond acceptors (Lipinski definition) is 3. The second-order valence-electron chi connectivity index (χ2n) is 5.57. The van der Waals surface area contributed by atoms with Gasteiger partial charge in [0.2, 0.25) is 5.95 Å². The van der Waals surface area contributed by atoms with E-state index in [1.54, 1.807) is 6.20 Å². The summed E-state index contributed by atoms with van der Waals surface area (Å²) in [6.07, 6.45) is 3.57. The fourth-order valence-corrected chi connectivity index (χ4v) is 2.48. The van der Waals surface area contributed by atoms with Crippen LogP contribution >= 0.6 is 0 Å². The molecular weight excluding hydrogens is 290 g/mol. The third-order valence-corrected chi connectivity index (χ3v) is 3.91. The second kappa shape index (κ2) is 6.12. The highest BCUT2D eigenvalue weighted by Gasteiger charge is 2.11. The molecule has 0 aliphatic heterocycles. The lowest BCUT2D eigenvalue weighted by Gasteiger charge is -2.13. The summed E-state index contributed by atoms with van der Waals surface area (Å²) >= 11 is 0. The standard InChI is InChI=1S/C18H19N3O2/c1-12-7-8-13(2)17(14(12)3)23-11-16(22)20-18-19-10-15-6-4-5-9-21(15)18/h4-10H,11H2,1-3H3,(H,19,20,22). The predicted octanol–water partition coefficient (Wildman–Crippen LogP) is 3.28. The maximum absolute atomic E-state index is 12.1. The van der Waals surface area contributed by atoms with Crippen LogP contribution in [0.2, 0.25) is 0 Å². The lowest BCUT2D eigenvalue weighted by Crippen LogP contribution is -2.22. The third kappa shape index (κ3) is 3.04. The van der Waals surface area contributed by atoms with E-state index in [-0.39, 0.29) is 12.5 Å². The minimum absolute atomic E-state index is 0.0487. The van der Waals surface area contributed by atoms with E-state index in [0.29, 0.717) is 5.95 Å². The molecule has 0 radical (unpaired) electrons. The predicted molar refractivity (Wildman–Crippen MR) is 90.0 cm³/mol. The Morgan fingerprint density at radius 3 is 2.78 bits per heavy atom. The molecule has 0 saturated heterocycles. The Bertz CT molecular complexity index is 868. The Morgan fingerprint density at radius 1 is 1.17 bits per heavy atom. The van der Waals surface area contributed by atoms with Gasteiger partial charge in [0.1, 0.15) is 5.75 Å². The number of hydrogen-bond donors (Lipinski definition) is 1. The summed E-state index contributed by atoms with van der Waals surface area (Å²) in [5, 5.41) is 2.78. The number of aryl methyl sites for hydroxylation is 2. The Hall–Kier alpha value is -2.82. The molecule has 118 valence electrons. The quantitative estimate of drug-likeness (QED) is 0.804. The van der Waals surface area contributed by atoms with Gasteiger partial charge in [0.15, 0.2) is 6.61 Å². The van der Waals surface area contributed by atoms with Crippen LogP contribution in [0.3, 0.4) is 0 Å². The molecule has 23 heavy (non-hydrogen) atoms. The van der Waals surface area contributed by atoms with E-state index in [2.05, 4.69) is 10.3 Å². The van der Waals surface area contributed by atoms with Crippen LogP contribution in [0.5, 0.6) is 5.75 Å². The molecule has 2 heterocycles. The van der Waals surface area contributed by atoms with Crippen LogP contribution in [0.1, 0.15) is 16.7 Å². The molecule has 0 unspecified atom stereocenters. The Labute approximate surface area is 134 Å². The van der Waals surface area contributed by atoms with Gasteiger partial charge in [-0.05, 0) is 49.6 Å². The Morgan fingerprint density at radius 2 is 1.96 bits per heavy atom. The number of carbonyl (C=O) groups excluding carboxylic acids is 1. The van der Waals surface area contributed by atoms with Crippen molar-refractivity contribution in [2.75, 3.05) is 11.9 Å². The number of fused-ring (bicyclic) bond motifs is 1. The normalized spacial score (nSPS) is 10.7. The molecule has 3 aromatic rings. The number of pyridine rings is 1. The first-order chi connectivity index (χ1) is 11.1. The maximum Gasteiger partial charge on any atom is 0.264 e. The molecule has 0 aliphatic rings. The van der Waals surface area contributed by atoms with E-state index >= 15 is 0 Å². The number of nitrogens with one attached hydrogen (secondary N) is 1. The van der Waals surface area contributed by atoms with E-state index in [9.17, 15) is 4.79 Å². The molecular formula is C18H19N3O2. The van der Waals surface area contributed by atoms with Crippen LogP contribution in [0.4, 0.5) is 5.95 Å². The summed E-state index contributed by atoms with van der Waals surface area (Å²) in [4.78, 5) is 16.4. The van der Waals surface area contributed by atoms with E-state index in [1.165, 1.54) is 0 Å². The summed E-state index contributed by atoms with van der Waals surface area (Å²) in [7, 11) is 0. The monoisotopic (exact) mass is 309 g/mol. The number of carbonyl (C=O) groups is 1. The fourth-order valence-electron chi connectivity index (χ4n) is 2.48. The number of benzene rings is 1. The smallest absolute Gasteiger partial charge is 0.264 e. The van der Waals surface area contributed by atoms with Gasteiger partial charge in [0, 0.05) is 6.20 Å². The average molecular weight is 309 g/mol. The lowest BCUT2D eigenvalue weighted by atomic mass is 10.1. The molecule has 0 spiro atoms. The molecule has 5 heteroatoms. The highest BCUT2D eigenvalue weighted by molar-refractivity contribution is 5.90. The Balaban J connectivity index is 1.70. The van der Waals surface area contributed by atoms with Crippen molar-refractivity contribution in [2.45, 2.75) is 20.8 Å². The van der Waals surface area contributed by atoms with Gasteiger partial charge in [0.05, 0.1) is 11.7 Å². The van der Waals surface area contributed by atoms with Gasteiger partial charge in [-0.3, -0.25) is 14.5 Å². The molecule has 0 saturated carbocycles. The van der Waals surface area contributed by atoms with Gasteiger partial charge >= 0.3 is 0 Å². The minimum atomic E-state index is -0.235. The molecule has 1 N–H and O–H groups in total. The number of imidazole rings is 1. The third-order valence-electron chi connectivity index (χ3n) is 3.91. The van der Waals surface area contributed by atoms with E-state index in [1.807, 2.05) is 61.7 Å². The first-order valence-electron chi connectivity index (χ1n) is 7.48. The number of ether oxygens (including phenoxy) is 1. The van der Waals surface area contributed by atoms with Crippen molar-refractivity contribution in [3.05, 3.63) is 59.4 Å². The summed E-state index contributed by atoms with van der Waals surface area (Å²) in [5.74, 6) is 1.03. The van der Waals surface area contributed by atoms with E-state index < -0.39 is 0 Å². The zero-order chi connectivity index (χ0) is 16.4. The van der Waals surface area contributed by atoms with Crippen molar-refractivity contribution >= 4 is 17.4 Å². The molecule has 0 fully saturated rings. The second-order valence-corrected chi connectivity index (χ2v) is 5.57. The first-order valence-corrected chi connectivity index (χ1v) is 7.48. The molecule has 1 aromatic carbocycles. The van der Waals surface area contributed by atoms with Crippen LogP contribution in [0.15, 0.2) is 42.7 Å². The summed E-state index contributed by atoms with van der Waals surface area (Å²) < 4.78 is 7.54. The van der Waals surface area contributed by atoms with Gasteiger partial charge < -0.3 is 4.74 Å². The van der Waals surface area contributed by atoms with Crippen LogP contribution in [-0.2, 0) is 4.79 Å².